The van der Waals surface area contributed by atoms with Gasteiger partial charge in [-0.3, -0.25) is 4.79 Å². The van der Waals surface area contributed by atoms with E-state index in [0.29, 0.717) is 0 Å². The van der Waals surface area contributed by atoms with Gasteiger partial charge in [0.15, 0.2) is 0 Å². The number of ether oxygens (including phenoxy) is 1. The lowest BCUT2D eigenvalue weighted by atomic mass is 9.72. The lowest BCUT2D eigenvalue weighted by Crippen LogP contribution is -2.80. The first kappa shape index (κ1) is 9.93. The van der Waals surface area contributed by atoms with Crippen molar-refractivity contribution in [1.82, 2.24) is 4.90 Å². The van der Waals surface area contributed by atoms with Crippen LogP contribution in [-0.2, 0) is 9.53 Å². The summed E-state index contributed by atoms with van der Waals surface area (Å²) in [4.78, 5) is 13.6. The number of nitrogens with two attached hydrogens (primary N) is 1. The van der Waals surface area contributed by atoms with Gasteiger partial charge < -0.3 is 15.4 Å². The number of β-lactam (4-membered cyclic amide) rings is 1. The molecule has 2 saturated heterocycles. The fraction of sp³-hybridized carbons (Fsp3) is 0.900. The Morgan fingerprint density at radius 2 is 2.07 bits per heavy atom. The first-order chi connectivity index (χ1) is 6.59. The van der Waals surface area contributed by atoms with Gasteiger partial charge in [-0.05, 0) is 26.7 Å². The number of rotatable bonds is 1. The first-order valence-electron chi connectivity index (χ1n) is 5.26. The van der Waals surface area contributed by atoms with E-state index in [1.807, 2.05) is 18.7 Å². The minimum atomic E-state index is -0.297. The molecule has 0 aliphatic carbocycles. The van der Waals surface area contributed by atoms with E-state index < -0.39 is 0 Å². The number of nitrogens with zero attached hydrogens (tertiary/aromatic N) is 1. The van der Waals surface area contributed by atoms with E-state index in [0.717, 1.165) is 26.1 Å². The molecule has 0 radical (unpaired) electrons. The SMILES string of the molecule is CC(C)N1C(=O)[C@@H](N)C12CCOCC2. The molecule has 14 heavy (non-hydrogen) atoms. The zero-order valence-electron chi connectivity index (χ0n) is 8.82. The average Bonchev–Trinajstić information content (AvgIpc) is 2.18. The summed E-state index contributed by atoms with van der Waals surface area (Å²) in [5.74, 6) is 0.0990. The van der Waals surface area contributed by atoms with Gasteiger partial charge in [0, 0.05) is 19.3 Å². The fourth-order valence-electron chi connectivity index (χ4n) is 2.73. The highest BCUT2D eigenvalue weighted by molar-refractivity contribution is 5.91. The van der Waals surface area contributed by atoms with E-state index >= 15 is 0 Å². The summed E-state index contributed by atoms with van der Waals surface area (Å²) in [6, 6.07) is -0.0470. The third-order valence-electron chi connectivity index (χ3n) is 3.44. The van der Waals surface area contributed by atoms with Gasteiger partial charge in [-0.25, -0.2) is 0 Å². The quantitative estimate of drug-likeness (QED) is 0.609. The summed E-state index contributed by atoms with van der Waals surface area (Å²) < 4.78 is 5.32. The van der Waals surface area contributed by atoms with E-state index in [-0.39, 0.29) is 23.5 Å². The van der Waals surface area contributed by atoms with E-state index in [1.54, 1.807) is 0 Å². The van der Waals surface area contributed by atoms with Gasteiger partial charge in [0.05, 0.1) is 5.54 Å². The number of hydrogen-bond acceptors (Lipinski definition) is 3. The van der Waals surface area contributed by atoms with E-state index in [2.05, 4.69) is 0 Å². The summed E-state index contributed by atoms with van der Waals surface area (Å²) in [6.45, 7) is 5.54. The molecule has 2 rings (SSSR count). The zero-order chi connectivity index (χ0) is 10.3. The molecule has 4 heteroatoms. The minimum absolute atomic E-state index is 0.0937. The molecule has 0 bridgehead atoms. The predicted molar refractivity (Wildman–Crippen MR) is 52.7 cm³/mol. The van der Waals surface area contributed by atoms with E-state index in [4.69, 9.17) is 10.5 Å². The molecule has 80 valence electrons. The topological polar surface area (TPSA) is 55.6 Å². The standard InChI is InChI=1S/C10H18N2O2/c1-7(2)12-9(13)8(11)10(12)3-5-14-6-4-10/h7-8H,3-6,11H2,1-2H3/t8-/m1/s1. The summed E-state index contributed by atoms with van der Waals surface area (Å²) in [6.07, 6.45) is 1.77. The highest BCUT2D eigenvalue weighted by Gasteiger charge is 2.59. The van der Waals surface area contributed by atoms with Crippen molar-refractivity contribution in [2.24, 2.45) is 5.73 Å². The average molecular weight is 198 g/mol. The van der Waals surface area contributed by atoms with Crippen LogP contribution in [0.25, 0.3) is 0 Å². The van der Waals surface area contributed by atoms with Gasteiger partial charge in [-0.15, -0.1) is 0 Å². The molecule has 1 spiro atoms. The number of carbonyl (C=O) groups excluding carboxylic acids is 1. The second kappa shape index (κ2) is 3.21. The molecule has 2 heterocycles. The summed E-state index contributed by atoms with van der Waals surface area (Å²) in [5, 5.41) is 0. The van der Waals surface area contributed by atoms with E-state index in [9.17, 15) is 4.79 Å². The smallest absolute Gasteiger partial charge is 0.242 e. The maximum absolute atomic E-state index is 11.6. The molecule has 0 aromatic carbocycles. The van der Waals surface area contributed by atoms with Gasteiger partial charge in [-0.1, -0.05) is 0 Å². The Balaban J connectivity index is 2.19. The van der Waals surface area contributed by atoms with Crippen LogP contribution in [0.4, 0.5) is 0 Å². The van der Waals surface area contributed by atoms with Crippen LogP contribution in [0.5, 0.6) is 0 Å². The van der Waals surface area contributed by atoms with Crippen LogP contribution in [0, 0.1) is 0 Å². The molecular weight excluding hydrogens is 180 g/mol. The highest BCUT2D eigenvalue weighted by atomic mass is 16.5. The second-order valence-corrected chi connectivity index (χ2v) is 4.50. The first-order valence-corrected chi connectivity index (χ1v) is 5.26. The lowest BCUT2D eigenvalue weighted by molar-refractivity contribution is -0.176. The van der Waals surface area contributed by atoms with Gasteiger partial charge in [0.1, 0.15) is 6.04 Å². The molecule has 0 aromatic rings. The second-order valence-electron chi connectivity index (χ2n) is 4.50. The van der Waals surface area contributed by atoms with Gasteiger partial charge in [0.25, 0.3) is 0 Å². The largest absolute Gasteiger partial charge is 0.381 e. The van der Waals surface area contributed by atoms with Crippen LogP contribution in [0.2, 0.25) is 0 Å². The maximum Gasteiger partial charge on any atom is 0.242 e. The molecule has 1 amide bonds. The Morgan fingerprint density at radius 3 is 2.57 bits per heavy atom. The number of carbonyl (C=O) groups is 1. The Labute approximate surface area is 84.4 Å². The summed E-state index contributed by atoms with van der Waals surface area (Å²) in [7, 11) is 0. The number of hydrogen-bond donors (Lipinski definition) is 1. The van der Waals surface area contributed by atoms with Crippen molar-refractivity contribution in [2.75, 3.05) is 13.2 Å². The molecule has 0 unspecified atom stereocenters. The summed E-state index contributed by atoms with van der Waals surface area (Å²) >= 11 is 0. The van der Waals surface area contributed by atoms with Crippen LogP contribution in [0.3, 0.4) is 0 Å². The third-order valence-corrected chi connectivity index (χ3v) is 3.44. The monoisotopic (exact) mass is 198 g/mol. The van der Waals surface area contributed by atoms with Crippen molar-refractivity contribution in [2.45, 2.75) is 44.3 Å². The van der Waals surface area contributed by atoms with Crippen molar-refractivity contribution in [3.8, 4) is 0 Å². The molecular formula is C10H18N2O2. The molecule has 2 aliphatic rings. The van der Waals surface area contributed by atoms with Crippen LogP contribution in [-0.4, -0.2) is 41.6 Å². The van der Waals surface area contributed by atoms with Crippen molar-refractivity contribution in [1.29, 1.82) is 0 Å². The zero-order valence-corrected chi connectivity index (χ0v) is 8.82. The van der Waals surface area contributed by atoms with Crippen LogP contribution < -0.4 is 5.73 Å². The fourth-order valence-corrected chi connectivity index (χ4v) is 2.73. The van der Waals surface area contributed by atoms with Crippen molar-refractivity contribution >= 4 is 5.91 Å². The van der Waals surface area contributed by atoms with E-state index in [1.165, 1.54) is 0 Å². The molecule has 2 N–H and O–H groups in total. The minimum Gasteiger partial charge on any atom is -0.381 e. The molecule has 0 saturated carbocycles. The molecule has 1 atom stereocenters. The Hall–Kier alpha value is -0.610. The Bertz CT molecular complexity index is 247. The third kappa shape index (κ3) is 1.10. The summed E-state index contributed by atoms with van der Waals surface area (Å²) in [5.41, 5.74) is 5.82. The van der Waals surface area contributed by atoms with Gasteiger partial charge in [0.2, 0.25) is 5.91 Å². The number of amides is 1. The molecule has 2 fully saturated rings. The maximum atomic E-state index is 11.6. The lowest BCUT2D eigenvalue weighted by Gasteiger charge is -2.59. The normalized spacial score (nSPS) is 31.0. The highest BCUT2D eigenvalue weighted by Crippen LogP contribution is 2.40. The van der Waals surface area contributed by atoms with Crippen LogP contribution in [0.1, 0.15) is 26.7 Å². The molecule has 2 aliphatic heterocycles. The molecule has 4 nitrogen and oxygen atoms in total. The van der Waals surface area contributed by atoms with Gasteiger partial charge in [-0.2, -0.15) is 0 Å². The number of likely N-dealkylation sites (tertiary alicyclic amines) is 1. The van der Waals surface area contributed by atoms with Crippen molar-refractivity contribution in [3.63, 3.8) is 0 Å². The van der Waals surface area contributed by atoms with Crippen LogP contribution >= 0.6 is 0 Å². The van der Waals surface area contributed by atoms with Crippen molar-refractivity contribution in [3.05, 3.63) is 0 Å². The Morgan fingerprint density at radius 1 is 1.50 bits per heavy atom. The molecule has 0 aromatic heterocycles. The van der Waals surface area contributed by atoms with Crippen LogP contribution in [0.15, 0.2) is 0 Å². The van der Waals surface area contributed by atoms with Crippen molar-refractivity contribution < 1.29 is 9.53 Å². The Kier molecular flexibility index (Phi) is 2.27. The van der Waals surface area contributed by atoms with Gasteiger partial charge >= 0.3 is 0 Å². The predicted octanol–water partition coefficient (Wildman–Crippen LogP) is 0.113.